The van der Waals surface area contributed by atoms with Crippen LogP contribution in [-0.4, -0.2) is 30.1 Å². The Morgan fingerprint density at radius 2 is 1.70 bits per heavy atom. The van der Waals surface area contributed by atoms with Gasteiger partial charge in [-0.25, -0.2) is 4.79 Å². The van der Waals surface area contributed by atoms with Crippen molar-refractivity contribution < 1.29 is 19.1 Å². The minimum atomic E-state index is -0.837. The molecular weight excluding hydrogens is 260 g/mol. The van der Waals surface area contributed by atoms with Crippen molar-refractivity contribution in [2.45, 2.75) is 26.4 Å². The van der Waals surface area contributed by atoms with Crippen molar-refractivity contribution in [1.29, 1.82) is 0 Å². The summed E-state index contributed by atoms with van der Waals surface area (Å²) < 4.78 is 4.92. The smallest absolute Gasteiger partial charge is 0.414 e. The van der Waals surface area contributed by atoms with Crippen molar-refractivity contribution >= 4 is 17.9 Å². The van der Waals surface area contributed by atoms with Crippen molar-refractivity contribution in [3.63, 3.8) is 0 Å². The van der Waals surface area contributed by atoms with Crippen LogP contribution >= 0.6 is 0 Å². The fourth-order valence-electron chi connectivity index (χ4n) is 1.31. The van der Waals surface area contributed by atoms with Crippen LogP contribution in [0.2, 0.25) is 0 Å². The number of carbonyl (C=O) groups excluding carboxylic acids is 3. The Kier molecular flexibility index (Phi) is 5.25. The van der Waals surface area contributed by atoms with E-state index >= 15 is 0 Å². The number of hydrogen-bond donors (Lipinski definition) is 2. The Morgan fingerprint density at radius 1 is 1.10 bits per heavy atom. The second kappa shape index (κ2) is 6.70. The molecule has 0 unspecified atom stereocenters. The lowest BCUT2D eigenvalue weighted by Gasteiger charge is -2.19. The Hall–Kier alpha value is -2.37. The molecule has 1 aromatic rings. The molecule has 0 saturated heterocycles. The Bertz CT molecular complexity index is 492. The molecule has 0 saturated carbocycles. The summed E-state index contributed by atoms with van der Waals surface area (Å²) in [6.07, 6.45) is -0.837. The van der Waals surface area contributed by atoms with Crippen molar-refractivity contribution in [1.82, 2.24) is 10.6 Å². The molecule has 0 radical (unpaired) electrons. The van der Waals surface area contributed by atoms with Gasteiger partial charge in [-0.3, -0.25) is 14.9 Å². The number of hydrogen-bond acceptors (Lipinski definition) is 4. The number of imide groups is 1. The summed E-state index contributed by atoms with van der Waals surface area (Å²) in [5, 5.41) is 4.44. The third kappa shape index (κ3) is 5.99. The highest BCUT2D eigenvalue weighted by molar-refractivity contribution is 5.98. The van der Waals surface area contributed by atoms with Gasteiger partial charge in [-0.05, 0) is 32.9 Å². The monoisotopic (exact) mass is 278 g/mol. The number of rotatable bonds is 3. The molecule has 0 aromatic heterocycles. The molecule has 0 aliphatic rings. The molecule has 0 spiro atoms. The highest BCUT2D eigenvalue weighted by Gasteiger charge is 2.18. The molecule has 1 aromatic carbocycles. The number of nitrogens with one attached hydrogen (secondary N) is 2. The zero-order valence-electron chi connectivity index (χ0n) is 11.7. The standard InChI is InChI=1S/C14H18N2O4/c1-14(2,3)20-13(19)16-11(17)9-15-12(18)10-7-5-4-6-8-10/h4-8H,9H2,1-3H3,(H,15,18)(H,16,17,19). The normalized spacial score (nSPS) is 10.6. The van der Waals surface area contributed by atoms with Crippen molar-refractivity contribution in [2.24, 2.45) is 0 Å². The predicted octanol–water partition coefficient (Wildman–Crippen LogP) is 1.47. The van der Waals surface area contributed by atoms with Crippen LogP contribution in [-0.2, 0) is 9.53 Å². The summed E-state index contributed by atoms with van der Waals surface area (Å²) >= 11 is 0. The number of benzene rings is 1. The summed E-state index contributed by atoms with van der Waals surface area (Å²) in [5.74, 6) is -1.02. The average Bonchev–Trinajstić information content (AvgIpc) is 2.34. The summed E-state index contributed by atoms with van der Waals surface area (Å²) in [6.45, 7) is 4.77. The van der Waals surface area contributed by atoms with Gasteiger partial charge < -0.3 is 10.1 Å². The summed E-state index contributed by atoms with van der Waals surface area (Å²) in [4.78, 5) is 34.4. The molecule has 0 bridgehead atoms. The van der Waals surface area contributed by atoms with Gasteiger partial charge in [-0.1, -0.05) is 18.2 Å². The SMILES string of the molecule is CC(C)(C)OC(=O)NC(=O)CNC(=O)c1ccccc1. The van der Waals surface area contributed by atoms with Gasteiger partial charge in [0.1, 0.15) is 5.60 Å². The van der Waals surface area contributed by atoms with Crippen LogP contribution in [0.1, 0.15) is 31.1 Å². The second-order valence-electron chi connectivity index (χ2n) is 5.10. The topological polar surface area (TPSA) is 84.5 Å². The number of alkyl carbamates (subject to hydrolysis) is 1. The highest BCUT2D eigenvalue weighted by atomic mass is 16.6. The molecule has 1 rings (SSSR count). The molecule has 0 fully saturated rings. The Morgan fingerprint density at radius 3 is 2.25 bits per heavy atom. The fourth-order valence-corrected chi connectivity index (χ4v) is 1.31. The van der Waals surface area contributed by atoms with Crippen molar-refractivity contribution in [3.8, 4) is 0 Å². The van der Waals surface area contributed by atoms with Crippen molar-refractivity contribution in [3.05, 3.63) is 35.9 Å². The Labute approximate surface area is 117 Å². The number of carbonyl (C=O) groups is 3. The first-order valence-electron chi connectivity index (χ1n) is 6.14. The van der Waals surface area contributed by atoms with E-state index in [0.717, 1.165) is 0 Å². The van der Waals surface area contributed by atoms with Crippen LogP contribution in [0.15, 0.2) is 30.3 Å². The molecule has 3 amide bonds. The summed E-state index contributed by atoms with van der Waals surface area (Å²) in [5.41, 5.74) is -0.241. The van der Waals surface area contributed by atoms with Crippen LogP contribution in [0, 0.1) is 0 Å². The predicted molar refractivity (Wildman–Crippen MR) is 73.2 cm³/mol. The molecule has 0 aliphatic carbocycles. The van der Waals surface area contributed by atoms with Crippen LogP contribution in [0.5, 0.6) is 0 Å². The highest BCUT2D eigenvalue weighted by Crippen LogP contribution is 2.06. The molecular formula is C14H18N2O4. The second-order valence-corrected chi connectivity index (χ2v) is 5.10. The van der Waals surface area contributed by atoms with E-state index in [1.165, 1.54) is 0 Å². The molecule has 108 valence electrons. The van der Waals surface area contributed by atoms with E-state index in [9.17, 15) is 14.4 Å². The van der Waals surface area contributed by atoms with E-state index in [4.69, 9.17) is 4.74 Å². The lowest BCUT2D eigenvalue weighted by Crippen LogP contribution is -2.42. The zero-order chi connectivity index (χ0) is 15.2. The fraction of sp³-hybridized carbons (Fsp3) is 0.357. The van der Waals surface area contributed by atoms with Gasteiger partial charge in [-0.2, -0.15) is 0 Å². The van der Waals surface area contributed by atoms with Crippen LogP contribution in [0.25, 0.3) is 0 Å². The minimum absolute atomic E-state index is 0.299. The van der Waals surface area contributed by atoms with E-state index in [1.54, 1.807) is 51.1 Å². The maximum atomic E-state index is 11.7. The maximum absolute atomic E-state index is 11.7. The maximum Gasteiger partial charge on any atom is 0.414 e. The molecule has 0 heterocycles. The van der Waals surface area contributed by atoms with Crippen LogP contribution < -0.4 is 10.6 Å². The van der Waals surface area contributed by atoms with Gasteiger partial charge in [0.15, 0.2) is 0 Å². The lowest BCUT2D eigenvalue weighted by atomic mass is 10.2. The molecule has 0 aliphatic heterocycles. The van der Waals surface area contributed by atoms with Gasteiger partial charge in [0.2, 0.25) is 5.91 Å². The molecule has 6 nitrogen and oxygen atoms in total. The van der Waals surface area contributed by atoms with E-state index in [-0.39, 0.29) is 12.5 Å². The summed E-state index contributed by atoms with van der Waals surface area (Å²) in [6, 6.07) is 8.47. The van der Waals surface area contributed by atoms with Crippen LogP contribution in [0.3, 0.4) is 0 Å². The molecule has 6 heteroatoms. The van der Waals surface area contributed by atoms with Gasteiger partial charge in [-0.15, -0.1) is 0 Å². The van der Waals surface area contributed by atoms with E-state index in [2.05, 4.69) is 5.32 Å². The molecule has 0 atom stereocenters. The molecule has 2 N–H and O–H groups in total. The first-order chi connectivity index (χ1) is 9.28. The zero-order valence-corrected chi connectivity index (χ0v) is 11.7. The average molecular weight is 278 g/mol. The van der Waals surface area contributed by atoms with E-state index in [1.807, 2.05) is 5.32 Å². The van der Waals surface area contributed by atoms with Gasteiger partial charge in [0, 0.05) is 5.56 Å². The third-order valence-corrected chi connectivity index (χ3v) is 2.09. The summed E-state index contributed by atoms with van der Waals surface area (Å²) in [7, 11) is 0. The largest absolute Gasteiger partial charge is 0.444 e. The lowest BCUT2D eigenvalue weighted by molar-refractivity contribution is -0.119. The Balaban J connectivity index is 2.37. The third-order valence-electron chi connectivity index (χ3n) is 2.09. The number of ether oxygens (including phenoxy) is 1. The van der Waals surface area contributed by atoms with Gasteiger partial charge in [0.25, 0.3) is 5.91 Å². The van der Waals surface area contributed by atoms with E-state index in [0.29, 0.717) is 5.56 Å². The minimum Gasteiger partial charge on any atom is -0.444 e. The van der Waals surface area contributed by atoms with Crippen LogP contribution in [0.4, 0.5) is 4.79 Å². The van der Waals surface area contributed by atoms with Gasteiger partial charge >= 0.3 is 6.09 Å². The first-order valence-corrected chi connectivity index (χ1v) is 6.14. The van der Waals surface area contributed by atoms with Gasteiger partial charge in [0.05, 0.1) is 6.54 Å². The molecule has 20 heavy (non-hydrogen) atoms. The van der Waals surface area contributed by atoms with Crippen molar-refractivity contribution in [2.75, 3.05) is 6.54 Å². The van der Waals surface area contributed by atoms with E-state index < -0.39 is 17.6 Å². The first kappa shape index (κ1) is 15.7. The number of amides is 3. The quantitative estimate of drug-likeness (QED) is 0.876.